The molecule has 2 atom stereocenters. The summed E-state index contributed by atoms with van der Waals surface area (Å²) in [5, 5.41) is 21.5. The van der Waals surface area contributed by atoms with E-state index >= 15 is 0 Å². The molecule has 1 heterocycles. The van der Waals surface area contributed by atoms with Crippen molar-refractivity contribution in [1.29, 1.82) is 10.5 Å². The number of hydrogen-bond acceptors (Lipinski definition) is 5. The Morgan fingerprint density at radius 3 is 2.15 bits per heavy atom. The highest BCUT2D eigenvalue weighted by Crippen LogP contribution is 2.44. The first-order valence-electron chi connectivity index (χ1n) is 8.34. The molecule has 1 aliphatic heterocycles. The second-order valence-corrected chi connectivity index (χ2v) is 6.51. The summed E-state index contributed by atoms with van der Waals surface area (Å²) in [6, 6.07) is 13.0. The smallest absolute Gasteiger partial charge is 0.247 e. The average Bonchev–Trinajstić information content (AvgIpc) is 2.65. The minimum atomic E-state index is -1.14. The Bertz CT molecular complexity index is 757. The number of benzene rings is 1. The third-order valence-corrected chi connectivity index (χ3v) is 5.00. The number of hydrogen-bond donors (Lipinski definition) is 1. The van der Waals surface area contributed by atoms with Gasteiger partial charge < -0.3 is 5.32 Å². The van der Waals surface area contributed by atoms with Crippen LogP contribution in [0.25, 0.3) is 0 Å². The zero-order valence-electron chi connectivity index (χ0n) is 14.7. The van der Waals surface area contributed by atoms with E-state index in [-0.39, 0.29) is 6.54 Å². The van der Waals surface area contributed by atoms with Gasteiger partial charge in [0.15, 0.2) is 0 Å². The number of likely N-dealkylation sites (tertiary alicyclic amines) is 1. The van der Waals surface area contributed by atoms with E-state index in [9.17, 15) is 24.9 Å². The summed E-state index contributed by atoms with van der Waals surface area (Å²) in [6.07, 6.45) is 0.328. The van der Waals surface area contributed by atoms with Crippen LogP contribution in [0.4, 0.5) is 0 Å². The van der Waals surface area contributed by atoms with Gasteiger partial charge in [0.05, 0.1) is 12.1 Å². The van der Waals surface area contributed by atoms with Crippen molar-refractivity contribution in [2.45, 2.75) is 26.8 Å². The molecule has 134 valence electrons. The molecule has 1 N–H and O–H groups in total. The van der Waals surface area contributed by atoms with Crippen LogP contribution in [0, 0.1) is 39.9 Å². The van der Waals surface area contributed by atoms with Gasteiger partial charge in [0, 0.05) is 12.0 Å². The number of amides is 3. The topological polar surface area (TPSA) is 114 Å². The molecule has 7 heteroatoms. The fourth-order valence-corrected chi connectivity index (χ4v) is 3.12. The second kappa shape index (κ2) is 7.79. The molecule has 1 aromatic carbocycles. The van der Waals surface area contributed by atoms with Crippen molar-refractivity contribution in [2.24, 2.45) is 17.3 Å². The lowest BCUT2D eigenvalue weighted by molar-refractivity contribution is -0.162. The van der Waals surface area contributed by atoms with E-state index in [2.05, 4.69) is 5.32 Å². The van der Waals surface area contributed by atoms with E-state index in [0.29, 0.717) is 6.42 Å². The molecule has 0 bridgehead atoms. The van der Waals surface area contributed by atoms with Gasteiger partial charge in [0.25, 0.3) is 0 Å². The summed E-state index contributed by atoms with van der Waals surface area (Å²) in [5.41, 5.74) is -0.185. The summed E-state index contributed by atoms with van der Waals surface area (Å²) in [5.74, 6) is -4.25. The molecule has 1 fully saturated rings. The van der Waals surface area contributed by atoms with Crippen LogP contribution in [0.15, 0.2) is 30.3 Å². The largest absolute Gasteiger partial charge is 0.350 e. The summed E-state index contributed by atoms with van der Waals surface area (Å²) < 4.78 is 0. The number of imide groups is 1. The van der Waals surface area contributed by atoms with Gasteiger partial charge in [-0.15, -0.1) is 0 Å². The standard InChI is InChI=1S/C19H20N4O3/c1-3-19(2)14(9-20)17(25)23(18(26)15(19)10-21)12-16(24)22-11-13-7-5-4-6-8-13/h4-8,14-15H,3,11-12H2,1-2H3,(H,22,24). The first kappa shape index (κ1) is 19.1. The normalized spacial score (nSPS) is 25.3. The molecule has 26 heavy (non-hydrogen) atoms. The number of rotatable bonds is 5. The Labute approximate surface area is 152 Å². The fraction of sp³-hybridized carbons (Fsp3) is 0.421. The Morgan fingerprint density at radius 2 is 1.69 bits per heavy atom. The van der Waals surface area contributed by atoms with Gasteiger partial charge in [-0.2, -0.15) is 10.5 Å². The van der Waals surface area contributed by atoms with Crippen molar-refractivity contribution >= 4 is 17.7 Å². The molecule has 0 spiro atoms. The highest BCUT2D eigenvalue weighted by atomic mass is 16.2. The third-order valence-electron chi connectivity index (χ3n) is 5.00. The van der Waals surface area contributed by atoms with Crippen LogP contribution in [-0.4, -0.2) is 29.2 Å². The molecular formula is C19H20N4O3. The minimum absolute atomic E-state index is 0.256. The number of nitrogens with zero attached hydrogens (tertiary/aromatic N) is 3. The molecule has 2 rings (SSSR count). The van der Waals surface area contributed by atoms with Crippen molar-refractivity contribution in [1.82, 2.24) is 10.2 Å². The summed E-state index contributed by atoms with van der Waals surface area (Å²) in [6.45, 7) is 3.08. The molecule has 1 aliphatic rings. The SMILES string of the molecule is CCC1(C)C(C#N)C(=O)N(CC(=O)NCc2ccccc2)C(=O)C1C#N. The Kier molecular flexibility index (Phi) is 5.74. The first-order valence-corrected chi connectivity index (χ1v) is 8.34. The van der Waals surface area contributed by atoms with Crippen LogP contribution in [0.2, 0.25) is 0 Å². The van der Waals surface area contributed by atoms with Crippen LogP contribution < -0.4 is 5.32 Å². The zero-order chi connectivity index (χ0) is 19.3. The van der Waals surface area contributed by atoms with Gasteiger partial charge >= 0.3 is 0 Å². The number of carbonyl (C=O) groups is 3. The second-order valence-electron chi connectivity index (χ2n) is 6.51. The number of carbonyl (C=O) groups excluding carboxylic acids is 3. The predicted octanol–water partition coefficient (Wildman–Crippen LogP) is 1.37. The van der Waals surface area contributed by atoms with Crippen LogP contribution in [-0.2, 0) is 20.9 Å². The summed E-state index contributed by atoms with van der Waals surface area (Å²) >= 11 is 0. The van der Waals surface area contributed by atoms with E-state index in [1.165, 1.54) is 0 Å². The lowest BCUT2D eigenvalue weighted by Gasteiger charge is -2.43. The van der Waals surface area contributed by atoms with E-state index in [1.807, 2.05) is 42.5 Å². The maximum Gasteiger partial charge on any atom is 0.247 e. The van der Waals surface area contributed by atoms with Crippen LogP contribution in [0.1, 0.15) is 25.8 Å². The van der Waals surface area contributed by atoms with E-state index in [4.69, 9.17) is 0 Å². The number of piperidine rings is 1. The van der Waals surface area contributed by atoms with E-state index in [1.54, 1.807) is 13.8 Å². The highest BCUT2D eigenvalue weighted by Gasteiger charge is 2.55. The molecule has 7 nitrogen and oxygen atoms in total. The summed E-state index contributed by atoms with van der Waals surface area (Å²) in [7, 11) is 0. The average molecular weight is 352 g/mol. The lowest BCUT2D eigenvalue weighted by atomic mass is 9.63. The molecule has 1 saturated heterocycles. The van der Waals surface area contributed by atoms with Crippen molar-refractivity contribution < 1.29 is 14.4 Å². The highest BCUT2D eigenvalue weighted by molar-refractivity contribution is 6.05. The Balaban J connectivity index is 2.14. The first-order chi connectivity index (χ1) is 12.4. The van der Waals surface area contributed by atoms with Gasteiger partial charge in [-0.3, -0.25) is 19.3 Å². The maximum atomic E-state index is 12.6. The maximum absolute atomic E-state index is 12.6. The van der Waals surface area contributed by atoms with Crippen molar-refractivity contribution in [3.63, 3.8) is 0 Å². The Hall–Kier alpha value is -3.19. The van der Waals surface area contributed by atoms with Gasteiger partial charge in [0.2, 0.25) is 17.7 Å². The van der Waals surface area contributed by atoms with Gasteiger partial charge in [-0.05, 0) is 12.0 Å². The number of nitrogens with one attached hydrogen (secondary N) is 1. The van der Waals surface area contributed by atoms with E-state index < -0.39 is 41.5 Å². The van der Waals surface area contributed by atoms with Crippen LogP contribution in [0.3, 0.4) is 0 Å². The molecule has 3 amide bonds. The molecule has 0 radical (unpaired) electrons. The van der Waals surface area contributed by atoms with Gasteiger partial charge in [-0.25, -0.2) is 0 Å². The molecule has 0 aliphatic carbocycles. The lowest BCUT2D eigenvalue weighted by Crippen LogP contribution is -2.59. The van der Waals surface area contributed by atoms with Crippen molar-refractivity contribution in [2.75, 3.05) is 6.54 Å². The van der Waals surface area contributed by atoms with E-state index in [0.717, 1.165) is 10.5 Å². The molecule has 0 aromatic heterocycles. The molecule has 1 aromatic rings. The van der Waals surface area contributed by atoms with Crippen LogP contribution in [0.5, 0.6) is 0 Å². The van der Waals surface area contributed by atoms with Crippen LogP contribution >= 0.6 is 0 Å². The third kappa shape index (κ3) is 3.43. The fourth-order valence-electron chi connectivity index (χ4n) is 3.12. The number of nitriles is 2. The zero-order valence-corrected chi connectivity index (χ0v) is 14.7. The monoisotopic (exact) mass is 352 g/mol. The van der Waals surface area contributed by atoms with Crippen molar-refractivity contribution in [3.8, 4) is 12.1 Å². The van der Waals surface area contributed by atoms with Crippen molar-refractivity contribution in [3.05, 3.63) is 35.9 Å². The predicted molar refractivity (Wildman–Crippen MR) is 91.6 cm³/mol. The van der Waals surface area contributed by atoms with Gasteiger partial charge in [-0.1, -0.05) is 44.2 Å². The quantitative estimate of drug-likeness (QED) is 0.804. The minimum Gasteiger partial charge on any atom is -0.350 e. The summed E-state index contributed by atoms with van der Waals surface area (Å²) in [4.78, 5) is 38.1. The molecule has 2 unspecified atom stereocenters. The Morgan fingerprint density at radius 1 is 1.15 bits per heavy atom. The molecular weight excluding hydrogens is 332 g/mol. The molecule has 0 saturated carbocycles. The van der Waals surface area contributed by atoms with Gasteiger partial charge in [0.1, 0.15) is 18.4 Å².